The summed E-state index contributed by atoms with van der Waals surface area (Å²) >= 11 is 8.64. The number of thiol groups is 2. The van der Waals surface area contributed by atoms with Crippen LogP contribution >= 0.6 is 25.3 Å². The van der Waals surface area contributed by atoms with Crippen LogP contribution in [0, 0.1) is 0 Å². The van der Waals surface area contributed by atoms with Crippen LogP contribution in [0.3, 0.4) is 0 Å². The molecule has 76 valence electrons. The van der Waals surface area contributed by atoms with Gasteiger partial charge in [-0.05, 0) is 18.2 Å². The molecule has 0 aromatic heterocycles. The highest BCUT2D eigenvalue weighted by molar-refractivity contribution is 7.83. The summed E-state index contributed by atoms with van der Waals surface area (Å²) in [6.07, 6.45) is 0. The number of hydrogen-bond donors (Lipinski definition) is 2. The summed E-state index contributed by atoms with van der Waals surface area (Å²) in [4.78, 5) is 4.15. The Bertz CT molecular complexity index is 324. The molecule has 1 aliphatic heterocycles. The molecule has 2 nitrogen and oxygen atoms in total. The van der Waals surface area contributed by atoms with Crippen molar-refractivity contribution in [2.24, 2.45) is 0 Å². The third-order valence-corrected chi connectivity index (χ3v) is 3.27. The highest BCUT2D eigenvalue weighted by atomic mass is 32.1. The Hall–Kier alpha value is -0.320. The van der Waals surface area contributed by atoms with Crippen LogP contribution in [0.4, 0.5) is 5.69 Å². The molecule has 0 unspecified atom stereocenters. The van der Waals surface area contributed by atoms with Gasteiger partial charge in [-0.2, -0.15) is 0 Å². The molecule has 1 aromatic carbocycles. The fraction of sp³-hybridized carbons (Fsp3) is 0.400. The first-order chi connectivity index (χ1) is 6.77. The van der Waals surface area contributed by atoms with Crippen LogP contribution in [0.5, 0.6) is 0 Å². The van der Waals surface area contributed by atoms with E-state index in [1.165, 1.54) is 5.69 Å². The molecule has 0 bridgehead atoms. The van der Waals surface area contributed by atoms with Crippen LogP contribution in [0.1, 0.15) is 0 Å². The number of morpholine rings is 1. The molecule has 0 radical (unpaired) electrons. The number of hydrogen-bond acceptors (Lipinski definition) is 4. The van der Waals surface area contributed by atoms with E-state index in [1.807, 2.05) is 6.07 Å². The van der Waals surface area contributed by atoms with Crippen molar-refractivity contribution in [3.05, 3.63) is 18.2 Å². The summed E-state index contributed by atoms with van der Waals surface area (Å²) in [7, 11) is 0. The molecular weight excluding hydrogens is 214 g/mol. The molecule has 1 aliphatic rings. The van der Waals surface area contributed by atoms with Gasteiger partial charge in [-0.25, -0.2) is 0 Å². The van der Waals surface area contributed by atoms with Crippen LogP contribution in [-0.2, 0) is 4.74 Å². The predicted molar refractivity (Wildman–Crippen MR) is 64.0 cm³/mol. The molecule has 0 spiro atoms. The molecule has 4 heteroatoms. The second-order valence-corrected chi connectivity index (χ2v) is 4.24. The number of benzene rings is 1. The molecule has 0 atom stereocenters. The van der Waals surface area contributed by atoms with E-state index in [2.05, 4.69) is 42.3 Å². The number of ether oxygens (including phenoxy) is 1. The van der Waals surface area contributed by atoms with E-state index in [-0.39, 0.29) is 0 Å². The van der Waals surface area contributed by atoms with Crippen molar-refractivity contribution in [3.8, 4) is 0 Å². The zero-order chi connectivity index (χ0) is 9.97. The molecule has 0 amide bonds. The lowest BCUT2D eigenvalue weighted by atomic mass is 10.2. The first-order valence-corrected chi connectivity index (χ1v) is 5.51. The Morgan fingerprint density at radius 2 is 1.79 bits per heavy atom. The van der Waals surface area contributed by atoms with Gasteiger partial charge in [0.15, 0.2) is 0 Å². The molecule has 0 saturated carbocycles. The lowest BCUT2D eigenvalue weighted by Crippen LogP contribution is -2.36. The summed E-state index contributed by atoms with van der Waals surface area (Å²) in [5.41, 5.74) is 1.20. The van der Waals surface area contributed by atoms with Crippen LogP contribution < -0.4 is 4.90 Å². The first-order valence-electron chi connectivity index (χ1n) is 4.62. The smallest absolute Gasteiger partial charge is 0.0642 e. The van der Waals surface area contributed by atoms with Gasteiger partial charge in [0.1, 0.15) is 0 Å². The Labute approximate surface area is 95.1 Å². The minimum Gasteiger partial charge on any atom is -0.378 e. The van der Waals surface area contributed by atoms with Crippen LogP contribution in [0.25, 0.3) is 0 Å². The lowest BCUT2D eigenvalue weighted by Gasteiger charge is -2.29. The minimum atomic E-state index is 0.810. The van der Waals surface area contributed by atoms with Crippen molar-refractivity contribution in [2.45, 2.75) is 9.79 Å². The Morgan fingerprint density at radius 3 is 2.43 bits per heavy atom. The molecule has 0 N–H and O–H groups in total. The topological polar surface area (TPSA) is 12.5 Å². The summed E-state index contributed by atoms with van der Waals surface area (Å²) in [5.74, 6) is 0. The van der Waals surface area contributed by atoms with Gasteiger partial charge in [0.2, 0.25) is 0 Å². The second kappa shape index (κ2) is 4.47. The maximum Gasteiger partial charge on any atom is 0.0642 e. The van der Waals surface area contributed by atoms with Crippen molar-refractivity contribution in [3.63, 3.8) is 0 Å². The molecule has 1 aromatic rings. The highest BCUT2D eigenvalue weighted by Gasteiger charge is 2.11. The van der Waals surface area contributed by atoms with E-state index in [0.717, 1.165) is 36.1 Å². The molecule has 2 rings (SSSR count). The van der Waals surface area contributed by atoms with Gasteiger partial charge >= 0.3 is 0 Å². The average Bonchev–Trinajstić information content (AvgIpc) is 2.23. The van der Waals surface area contributed by atoms with Crippen LogP contribution in [0.2, 0.25) is 0 Å². The third-order valence-electron chi connectivity index (χ3n) is 2.34. The van der Waals surface area contributed by atoms with Crippen LogP contribution in [0.15, 0.2) is 28.0 Å². The quantitative estimate of drug-likeness (QED) is 0.713. The van der Waals surface area contributed by atoms with E-state index in [0.29, 0.717) is 0 Å². The SMILES string of the molecule is Sc1ccc(N2CCOCC2)cc1S. The fourth-order valence-corrected chi connectivity index (χ4v) is 1.88. The Balaban J connectivity index is 2.18. The molecule has 0 aliphatic carbocycles. The monoisotopic (exact) mass is 227 g/mol. The standard InChI is InChI=1S/C10H13NOS2/c13-9-2-1-8(7-10(9)14)11-3-5-12-6-4-11/h1-2,7,13-14H,3-6H2. The average molecular weight is 227 g/mol. The molecule has 1 fully saturated rings. The number of rotatable bonds is 1. The number of anilines is 1. The highest BCUT2D eigenvalue weighted by Crippen LogP contribution is 2.25. The van der Waals surface area contributed by atoms with E-state index in [4.69, 9.17) is 4.74 Å². The van der Waals surface area contributed by atoms with Gasteiger partial charge in [0.05, 0.1) is 13.2 Å². The van der Waals surface area contributed by atoms with Gasteiger partial charge in [0.25, 0.3) is 0 Å². The molecule has 14 heavy (non-hydrogen) atoms. The zero-order valence-electron chi connectivity index (χ0n) is 7.81. The molecule has 1 heterocycles. The van der Waals surface area contributed by atoms with Crippen molar-refractivity contribution < 1.29 is 4.74 Å². The van der Waals surface area contributed by atoms with Crippen LogP contribution in [-0.4, -0.2) is 26.3 Å². The Morgan fingerprint density at radius 1 is 1.07 bits per heavy atom. The summed E-state index contributed by atoms with van der Waals surface area (Å²) in [6.45, 7) is 3.54. The second-order valence-electron chi connectivity index (χ2n) is 3.27. The molecule has 1 saturated heterocycles. The largest absolute Gasteiger partial charge is 0.378 e. The normalized spacial score (nSPS) is 17.1. The van der Waals surface area contributed by atoms with Gasteiger partial charge in [-0.3, -0.25) is 0 Å². The minimum absolute atomic E-state index is 0.810. The van der Waals surface area contributed by atoms with E-state index >= 15 is 0 Å². The van der Waals surface area contributed by atoms with Gasteiger partial charge in [-0.1, -0.05) is 0 Å². The van der Waals surface area contributed by atoms with Gasteiger partial charge in [-0.15, -0.1) is 25.3 Å². The van der Waals surface area contributed by atoms with E-state index in [9.17, 15) is 0 Å². The summed E-state index contributed by atoms with van der Waals surface area (Å²) in [5, 5.41) is 0. The zero-order valence-corrected chi connectivity index (χ0v) is 9.60. The van der Waals surface area contributed by atoms with Gasteiger partial charge in [0, 0.05) is 28.6 Å². The predicted octanol–water partition coefficient (Wildman–Crippen LogP) is 2.10. The van der Waals surface area contributed by atoms with Gasteiger partial charge < -0.3 is 9.64 Å². The lowest BCUT2D eigenvalue weighted by molar-refractivity contribution is 0.122. The Kier molecular flexibility index (Phi) is 3.26. The fourth-order valence-electron chi connectivity index (χ4n) is 1.53. The number of nitrogens with zero attached hydrogens (tertiary/aromatic N) is 1. The van der Waals surface area contributed by atoms with Crippen molar-refractivity contribution in [1.29, 1.82) is 0 Å². The van der Waals surface area contributed by atoms with E-state index in [1.54, 1.807) is 0 Å². The summed E-state index contributed by atoms with van der Waals surface area (Å²) < 4.78 is 5.30. The van der Waals surface area contributed by atoms with E-state index < -0.39 is 0 Å². The molecular formula is C10H13NOS2. The van der Waals surface area contributed by atoms with Crippen molar-refractivity contribution >= 4 is 30.9 Å². The maximum atomic E-state index is 5.30. The summed E-state index contributed by atoms with van der Waals surface area (Å²) in [6, 6.07) is 6.11. The first kappa shape index (κ1) is 10.2. The van der Waals surface area contributed by atoms with Crippen molar-refractivity contribution in [2.75, 3.05) is 31.2 Å². The van der Waals surface area contributed by atoms with Crippen molar-refractivity contribution in [1.82, 2.24) is 0 Å². The maximum absolute atomic E-state index is 5.30. The third kappa shape index (κ3) is 2.19.